The molecular weight excluding hydrogens is 220 g/mol. The van der Waals surface area contributed by atoms with Gasteiger partial charge in [-0.1, -0.05) is 25.7 Å². The van der Waals surface area contributed by atoms with E-state index in [0.29, 0.717) is 5.92 Å². The molecule has 1 unspecified atom stereocenters. The summed E-state index contributed by atoms with van der Waals surface area (Å²) in [5, 5.41) is 20.4. The Morgan fingerprint density at radius 1 is 1.53 bits per heavy atom. The van der Waals surface area contributed by atoms with Gasteiger partial charge in [0.15, 0.2) is 5.82 Å². The number of carbonyl (C=O) groups is 1. The summed E-state index contributed by atoms with van der Waals surface area (Å²) in [5.41, 5.74) is 0. The summed E-state index contributed by atoms with van der Waals surface area (Å²) in [6.45, 7) is 1.84. The lowest BCUT2D eigenvalue weighted by molar-refractivity contribution is -0.137. The largest absolute Gasteiger partial charge is 0.481 e. The van der Waals surface area contributed by atoms with E-state index in [4.69, 9.17) is 5.11 Å². The van der Waals surface area contributed by atoms with Gasteiger partial charge >= 0.3 is 5.97 Å². The molecule has 1 atom stereocenters. The molecule has 2 rings (SSSR count). The number of nitrogens with zero attached hydrogens (tertiary/aromatic N) is 4. The van der Waals surface area contributed by atoms with Crippen molar-refractivity contribution in [3.63, 3.8) is 0 Å². The van der Waals surface area contributed by atoms with Gasteiger partial charge in [-0.3, -0.25) is 4.79 Å². The molecule has 17 heavy (non-hydrogen) atoms. The third kappa shape index (κ3) is 3.01. The second kappa shape index (κ2) is 5.25. The summed E-state index contributed by atoms with van der Waals surface area (Å²) in [6, 6.07) is -0.182. The van der Waals surface area contributed by atoms with Crippen LogP contribution in [0.4, 0.5) is 0 Å². The third-order valence-electron chi connectivity index (χ3n) is 3.39. The minimum absolute atomic E-state index is 0.0582. The van der Waals surface area contributed by atoms with E-state index in [1.165, 1.54) is 25.7 Å². The summed E-state index contributed by atoms with van der Waals surface area (Å²) in [6.07, 6.45) is 5.98. The summed E-state index contributed by atoms with van der Waals surface area (Å²) in [4.78, 5) is 10.7. The van der Waals surface area contributed by atoms with Crippen LogP contribution in [0.15, 0.2) is 0 Å². The molecule has 6 nitrogen and oxygen atoms in total. The molecule has 1 aliphatic carbocycles. The molecular formula is C11H18N4O2. The zero-order chi connectivity index (χ0) is 12.3. The Hall–Kier alpha value is -1.46. The van der Waals surface area contributed by atoms with E-state index in [1.807, 2.05) is 6.92 Å². The number of rotatable bonds is 5. The molecule has 0 aromatic carbocycles. The first kappa shape index (κ1) is 12.0. The van der Waals surface area contributed by atoms with Crippen LogP contribution in [0, 0.1) is 5.92 Å². The van der Waals surface area contributed by atoms with Gasteiger partial charge in [-0.25, -0.2) is 4.68 Å². The van der Waals surface area contributed by atoms with E-state index < -0.39 is 5.97 Å². The Balaban J connectivity index is 2.02. The molecule has 0 aliphatic heterocycles. The minimum Gasteiger partial charge on any atom is -0.481 e. The van der Waals surface area contributed by atoms with Crippen molar-refractivity contribution < 1.29 is 9.90 Å². The van der Waals surface area contributed by atoms with Crippen LogP contribution in [0.3, 0.4) is 0 Å². The van der Waals surface area contributed by atoms with Crippen LogP contribution in [0.25, 0.3) is 0 Å². The van der Waals surface area contributed by atoms with E-state index in [2.05, 4.69) is 15.5 Å². The number of hydrogen-bond acceptors (Lipinski definition) is 4. The van der Waals surface area contributed by atoms with Gasteiger partial charge in [-0.05, 0) is 23.3 Å². The maximum atomic E-state index is 10.7. The molecule has 0 amide bonds. The zero-order valence-electron chi connectivity index (χ0n) is 10.0. The lowest BCUT2D eigenvalue weighted by Crippen LogP contribution is -2.16. The number of tetrazole rings is 1. The first-order valence-electron chi connectivity index (χ1n) is 6.15. The van der Waals surface area contributed by atoms with Crippen LogP contribution in [-0.2, 0) is 11.2 Å². The summed E-state index contributed by atoms with van der Waals surface area (Å²) < 4.78 is 1.66. The first-order chi connectivity index (χ1) is 8.16. The van der Waals surface area contributed by atoms with Crippen molar-refractivity contribution in [2.45, 2.75) is 51.5 Å². The highest BCUT2D eigenvalue weighted by Crippen LogP contribution is 2.27. The molecule has 1 aromatic rings. The topological polar surface area (TPSA) is 80.9 Å². The van der Waals surface area contributed by atoms with Crippen molar-refractivity contribution in [1.82, 2.24) is 20.2 Å². The molecule has 1 N–H and O–H groups in total. The highest BCUT2D eigenvalue weighted by Gasteiger charge is 2.21. The van der Waals surface area contributed by atoms with Crippen LogP contribution >= 0.6 is 0 Å². The van der Waals surface area contributed by atoms with E-state index in [-0.39, 0.29) is 12.5 Å². The van der Waals surface area contributed by atoms with Gasteiger partial charge in [0, 0.05) is 6.42 Å². The van der Waals surface area contributed by atoms with Gasteiger partial charge in [0.1, 0.15) is 0 Å². The number of aromatic nitrogens is 4. The fourth-order valence-electron chi connectivity index (χ4n) is 2.50. The van der Waals surface area contributed by atoms with Gasteiger partial charge in [0.2, 0.25) is 0 Å². The van der Waals surface area contributed by atoms with E-state index >= 15 is 0 Å². The molecule has 94 valence electrons. The Bertz CT molecular complexity index is 385. The summed E-state index contributed by atoms with van der Waals surface area (Å²) in [7, 11) is 0. The maximum absolute atomic E-state index is 10.7. The van der Waals surface area contributed by atoms with Crippen molar-refractivity contribution in [3.8, 4) is 0 Å². The van der Waals surface area contributed by atoms with Gasteiger partial charge in [-0.15, -0.1) is 5.10 Å². The molecule has 0 radical (unpaired) electrons. The quantitative estimate of drug-likeness (QED) is 0.839. The second-order valence-electron chi connectivity index (χ2n) is 4.84. The average Bonchev–Trinajstić information content (AvgIpc) is 2.88. The van der Waals surface area contributed by atoms with Crippen molar-refractivity contribution in [2.24, 2.45) is 5.92 Å². The van der Waals surface area contributed by atoms with E-state index in [9.17, 15) is 4.79 Å². The van der Waals surface area contributed by atoms with Gasteiger partial charge in [0.25, 0.3) is 0 Å². The minimum atomic E-state index is -0.820. The number of aliphatic carboxylic acids is 1. The SMILES string of the molecule is CC(CC(=O)O)n1nnnc1CC1CCCC1. The van der Waals surface area contributed by atoms with E-state index in [1.54, 1.807) is 4.68 Å². The van der Waals surface area contributed by atoms with Gasteiger partial charge in [0.05, 0.1) is 12.5 Å². The Labute approximate surface area is 100 Å². The molecule has 6 heteroatoms. The fraction of sp³-hybridized carbons (Fsp3) is 0.818. The Morgan fingerprint density at radius 3 is 2.88 bits per heavy atom. The average molecular weight is 238 g/mol. The molecule has 1 saturated carbocycles. The molecule has 0 bridgehead atoms. The molecule has 1 aromatic heterocycles. The van der Waals surface area contributed by atoms with Crippen molar-refractivity contribution >= 4 is 5.97 Å². The van der Waals surface area contributed by atoms with Crippen LogP contribution in [0.1, 0.15) is 50.9 Å². The van der Waals surface area contributed by atoms with Gasteiger partial charge in [-0.2, -0.15) is 0 Å². The predicted octanol–water partition coefficient (Wildman–Crippen LogP) is 1.44. The number of hydrogen-bond donors (Lipinski definition) is 1. The first-order valence-corrected chi connectivity index (χ1v) is 6.15. The number of carboxylic acid groups (broad SMARTS) is 1. The molecule has 1 aliphatic rings. The molecule has 0 saturated heterocycles. The Morgan fingerprint density at radius 2 is 2.24 bits per heavy atom. The monoisotopic (exact) mass is 238 g/mol. The fourth-order valence-corrected chi connectivity index (χ4v) is 2.50. The summed E-state index contributed by atoms with van der Waals surface area (Å²) in [5.74, 6) is 0.669. The predicted molar refractivity (Wildman–Crippen MR) is 60.4 cm³/mol. The van der Waals surface area contributed by atoms with Crippen molar-refractivity contribution in [1.29, 1.82) is 0 Å². The zero-order valence-corrected chi connectivity index (χ0v) is 10.0. The van der Waals surface area contributed by atoms with E-state index in [0.717, 1.165) is 12.2 Å². The van der Waals surface area contributed by atoms with Crippen molar-refractivity contribution in [2.75, 3.05) is 0 Å². The van der Waals surface area contributed by atoms with Crippen LogP contribution in [-0.4, -0.2) is 31.3 Å². The van der Waals surface area contributed by atoms with Crippen LogP contribution in [0.5, 0.6) is 0 Å². The Kier molecular flexibility index (Phi) is 3.71. The van der Waals surface area contributed by atoms with Crippen LogP contribution < -0.4 is 0 Å². The highest BCUT2D eigenvalue weighted by atomic mass is 16.4. The van der Waals surface area contributed by atoms with Crippen LogP contribution in [0.2, 0.25) is 0 Å². The highest BCUT2D eigenvalue weighted by molar-refractivity contribution is 5.67. The summed E-state index contributed by atoms with van der Waals surface area (Å²) >= 11 is 0. The molecule has 0 spiro atoms. The standard InChI is InChI=1S/C11H18N4O2/c1-8(6-11(16)17)15-10(12-13-14-15)7-9-4-2-3-5-9/h8-9H,2-7H2,1H3,(H,16,17). The maximum Gasteiger partial charge on any atom is 0.305 e. The third-order valence-corrected chi connectivity index (χ3v) is 3.39. The smallest absolute Gasteiger partial charge is 0.305 e. The van der Waals surface area contributed by atoms with Crippen molar-refractivity contribution in [3.05, 3.63) is 5.82 Å². The molecule has 1 fully saturated rings. The molecule has 1 heterocycles. The number of carboxylic acids is 1. The lowest BCUT2D eigenvalue weighted by Gasteiger charge is -2.13. The lowest BCUT2D eigenvalue weighted by atomic mass is 10.0. The van der Waals surface area contributed by atoms with Gasteiger partial charge < -0.3 is 5.11 Å². The second-order valence-corrected chi connectivity index (χ2v) is 4.84. The normalized spacial score (nSPS) is 18.4.